The van der Waals surface area contributed by atoms with E-state index in [4.69, 9.17) is 5.11 Å². The first kappa shape index (κ1) is 14.2. The molecular formula is C13H24O2. The molecule has 15 heavy (non-hydrogen) atoms. The largest absolute Gasteiger partial charge is 0.481 e. The van der Waals surface area contributed by atoms with Crippen LogP contribution in [-0.4, -0.2) is 11.1 Å². The molecule has 1 N–H and O–H groups in total. The van der Waals surface area contributed by atoms with Crippen molar-refractivity contribution in [3.05, 3.63) is 12.2 Å². The Balaban J connectivity index is 3.63. The Kier molecular flexibility index (Phi) is 8.06. The van der Waals surface area contributed by atoms with Crippen molar-refractivity contribution in [2.24, 2.45) is 11.8 Å². The van der Waals surface area contributed by atoms with Crippen molar-refractivity contribution in [3.63, 3.8) is 0 Å². The lowest BCUT2D eigenvalue weighted by Gasteiger charge is -2.09. The van der Waals surface area contributed by atoms with Crippen LogP contribution in [0.2, 0.25) is 0 Å². The second-order valence-corrected chi connectivity index (χ2v) is 4.38. The summed E-state index contributed by atoms with van der Waals surface area (Å²) >= 11 is 0. The van der Waals surface area contributed by atoms with Gasteiger partial charge in [-0.1, -0.05) is 45.8 Å². The molecule has 0 aliphatic carbocycles. The summed E-state index contributed by atoms with van der Waals surface area (Å²) in [6, 6.07) is 0. The quantitative estimate of drug-likeness (QED) is 0.490. The Bertz CT molecular complexity index is 197. The van der Waals surface area contributed by atoms with Crippen LogP contribution in [0.25, 0.3) is 0 Å². The van der Waals surface area contributed by atoms with Crippen LogP contribution < -0.4 is 0 Å². The van der Waals surface area contributed by atoms with Gasteiger partial charge in [-0.3, -0.25) is 4.79 Å². The fourth-order valence-corrected chi connectivity index (χ4v) is 1.58. The minimum atomic E-state index is -0.693. The number of carbonyl (C=O) groups is 1. The molecule has 0 aromatic rings. The van der Waals surface area contributed by atoms with Gasteiger partial charge in [0.05, 0.1) is 5.92 Å². The molecule has 0 aliphatic rings. The van der Waals surface area contributed by atoms with Gasteiger partial charge in [-0.05, 0) is 25.2 Å². The third-order valence-electron chi connectivity index (χ3n) is 2.59. The molecule has 0 aliphatic heterocycles. The maximum absolute atomic E-state index is 10.6. The van der Waals surface area contributed by atoms with Crippen LogP contribution in [0.5, 0.6) is 0 Å². The Morgan fingerprint density at radius 1 is 1.33 bits per heavy atom. The fourth-order valence-electron chi connectivity index (χ4n) is 1.58. The summed E-state index contributed by atoms with van der Waals surface area (Å²) in [5.74, 6) is -0.556. The molecule has 0 fully saturated rings. The normalized spacial score (nSPS) is 15.4. The number of rotatable bonds is 8. The molecule has 0 spiro atoms. The molecule has 2 nitrogen and oxygen atoms in total. The maximum atomic E-state index is 10.6. The molecule has 0 rings (SSSR count). The summed E-state index contributed by atoms with van der Waals surface area (Å²) in [7, 11) is 0. The number of hydrogen-bond acceptors (Lipinski definition) is 1. The maximum Gasteiger partial charge on any atom is 0.306 e. The van der Waals surface area contributed by atoms with Gasteiger partial charge < -0.3 is 5.11 Å². The molecule has 0 saturated carbocycles. The van der Waals surface area contributed by atoms with Crippen LogP contribution in [0.3, 0.4) is 0 Å². The topological polar surface area (TPSA) is 37.3 Å². The molecule has 0 aromatic heterocycles. The van der Waals surface area contributed by atoms with Gasteiger partial charge >= 0.3 is 5.97 Å². The first-order valence-corrected chi connectivity index (χ1v) is 5.97. The van der Waals surface area contributed by atoms with E-state index in [0.717, 1.165) is 12.8 Å². The first-order valence-electron chi connectivity index (χ1n) is 5.97. The van der Waals surface area contributed by atoms with E-state index in [-0.39, 0.29) is 5.92 Å². The summed E-state index contributed by atoms with van der Waals surface area (Å²) in [4.78, 5) is 10.6. The predicted molar refractivity (Wildman–Crippen MR) is 63.9 cm³/mol. The van der Waals surface area contributed by atoms with Gasteiger partial charge in [0, 0.05) is 0 Å². The van der Waals surface area contributed by atoms with Crippen LogP contribution in [0.15, 0.2) is 12.2 Å². The lowest BCUT2D eigenvalue weighted by molar-refractivity contribution is -0.141. The van der Waals surface area contributed by atoms with Gasteiger partial charge in [0.25, 0.3) is 0 Å². The molecule has 2 atom stereocenters. The van der Waals surface area contributed by atoms with Crippen LogP contribution >= 0.6 is 0 Å². The Labute approximate surface area is 93.4 Å². The van der Waals surface area contributed by atoms with Gasteiger partial charge in [-0.2, -0.15) is 0 Å². The van der Waals surface area contributed by atoms with Crippen molar-refractivity contribution in [1.82, 2.24) is 0 Å². The Morgan fingerprint density at radius 3 is 2.53 bits per heavy atom. The molecule has 0 amide bonds. The minimum absolute atomic E-state index is 0.236. The monoisotopic (exact) mass is 212 g/mol. The van der Waals surface area contributed by atoms with Crippen LogP contribution in [-0.2, 0) is 4.79 Å². The van der Waals surface area contributed by atoms with Crippen LogP contribution in [0.4, 0.5) is 0 Å². The number of allylic oxidation sites excluding steroid dienone is 2. The predicted octanol–water partition coefficient (Wildman–Crippen LogP) is 3.87. The molecule has 0 radical (unpaired) electrons. The van der Waals surface area contributed by atoms with Crippen molar-refractivity contribution < 1.29 is 9.90 Å². The highest BCUT2D eigenvalue weighted by Gasteiger charge is 2.12. The molecule has 0 saturated heterocycles. The first-order chi connectivity index (χ1) is 7.07. The second-order valence-electron chi connectivity index (χ2n) is 4.38. The standard InChI is InChI=1S/C13H24O2/c1-4-5-6-7-8-9-11(2)10-12(3)13(14)15/h8-9,11-12H,4-7,10H2,1-3H3,(H,14,15)/b9-8+. The van der Waals surface area contributed by atoms with Gasteiger partial charge in [0.1, 0.15) is 0 Å². The third kappa shape index (κ3) is 8.22. The highest BCUT2D eigenvalue weighted by Crippen LogP contribution is 2.13. The zero-order chi connectivity index (χ0) is 11.7. The molecule has 0 bridgehead atoms. The number of aliphatic carboxylic acids is 1. The lowest BCUT2D eigenvalue weighted by Crippen LogP contribution is -2.12. The Hall–Kier alpha value is -0.790. The fraction of sp³-hybridized carbons (Fsp3) is 0.769. The smallest absolute Gasteiger partial charge is 0.306 e. The zero-order valence-electron chi connectivity index (χ0n) is 10.2. The molecular weight excluding hydrogens is 188 g/mol. The number of unbranched alkanes of at least 4 members (excludes halogenated alkanes) is 3. The molecule has 0 heterocycles. The van der Waals surface area contributed by atoms with E-state index < -0.39 is 5.97 Å². The molecule has 88 valence electrons. The Morgan fingerprint density at radius 2 is 2.00 bits per heavy atom. The molecule has 2 heteroatoms. The van der Waals surface area contributed by atoms with Gasteiger partial charge in [-0.25, -0.2) is 0 Å². The average Bonchev–Trinajstić information content (AvgIpc) is 2.17. The minimum Gasteiger partial charge on any atom is -0.481 e. The van der Waals surface area contributed by atoms with E-state index in [1.165, 1.54) is 19.3 Å². The number of carboxylic acid groups (broad SMARTS) is 1. The SMILES string of the molecule is CCCCC/C=C/C(C)CC(C)C(=O)O. The van der Waals surface area contributed by atoms with Crippen molar-refractivity contribution in [1.29, 1.82) is 0 Å². The number of carboxylic acids is 1. The highest BCUT2D eigenvalue weighted by molar-refractivity contribution is 5.69. The van der Waals surface area contributed by atoms with Gasteiger partial charge in [0.15, 0.2) is 0 Å². The van der Waals surface area contributed by atoms with Crippen molar-refractivity contribution in [3.8, 4) is 0 Å². The lowest BCUT2D eigenvalue weighted by atomic mass is 9.97. The van der Waals surface area contributed by atoms with Crippen LogP contribution in [0.1, 0.15) is 52.9 Å². The summed E-state index contributed by atoms with van der Waals surface area (Å²) in [5.41, 5.74) is 0. The van der Waals surface area contributed by atoms with Crippen LogP contribution in [0, 0.1) is 11.8 Å². The number of hydrogen-bond donors (Lipinski definition) is 1. The van der Waals surface area contributed by atoms with E-state index in [9.17, 15) is 4.79 Å². The average molecular weight is 212 g/mol. The molecule has 0 aromatic carbocycles. The summed E-state index contributed by atoms with van der Waals surface area (Å²) in [6.45, 7) is 6.04. The third-order valence-corrected chi connectivity index (χ3v) is 2.59. The van der Waals surface area contributed by atoms with E-state index >= 15 is 0 Å². The molecule has 2 unspecified atom stereocenters. The van der Waals surface area contributed by atoms with Gasteiger partial charge in [0.2, 0.25) is 0 Å². The van der Waals surface area contributed by atoms with E-state index in [0.29, 0.717) is 5.92 Å². The van der Waals surface area contributed by atoms with E-state index in [1.54, 1.807) is 6.92 Å². The van der Waals surface area contributed by atoms with E-state index in [2.05, 4.69) is 26.0 Å². The summed E-state index contributed by atoms with van der Waals surface area (Å²) in [5, 5.41) is 8.75. The summed E-state index contributed by atoms with van der Waals surface area (Å²) in [6.07, 6.45) is 9.97. The van der Waals surface area contributed by atoms with E-state index in [1.807, 2.05) is 0 Å². The van der Waals surface area contributed by atoms with Crippen molar-refractivity contribution in [2.45, 2.75) is 52.9 Å². The zero-order valence-corrected chi connectivity index (χ0v) is 10.2. The summed E-state index contributed by atoms with van der Waals surface area (Å²) < 4.78 is 0. The van der Waals surface area contributed by atoms with Crippen molar-refractivity contribution in [2.75, 3.05) is 0 Å². The van der Waals surface area contributed by atoms with Gasteiger partial charge in [-0.15, -0.1) is 0 Å². The van der Waals surface area contributed by atoms with Crippen molar-refractivity contribution >= 4 is 5.97 Å². The highest BCUT2D eigenvalue weighted by atomic mass is 16.4. The second kappa shape index (κ2) is 8.51.